The Hall–Kier alpha value is -4.08. The summed E-state index contributed by atoms with van der Waals surface area (Å²) in [5, 5.41) is 13.1. The summed E-state index contributed by atoms with van der Waals surface area (Å²) >= 11 is 0. The van der Waals surface area contributed by atoms with E-state index in [0.717, 1.165) is 24.3 Å². The van der Waals surface area contributed by atoms with Crippen LogP contribution in [0.2, 0.25) is 0 Å². The van der Waals surface area contributed by atoms with Crippen LogP contribution in [-0.4, -0.2) is 27.9 Å². The van der Waals surface area contributed by atoms with Crippen LogP contribution in [0.3, 0.4) is 0 Å². The summed E-state index contributed by atoms with van der Waals surface area (Å²) in [5.41, 5.74) is 0.394. The first kappa shape index (κ1) is 19.7. The van der Waals surface area contributed by atoms with Gasteiger partial charge >= 0.3 is 11.7 Å². The Labute approximate surface area is 162 Å². The molecule has 0 fully saturated rings. The molecule has 0 aliphatic rings. The molecule has 2 aromatic carbocycles. The second kappa shape index (κ2) is 8.30. The van der Waals surface area contributed by atoms with Crippen LogP contribution in [0.4, 0.5) is 15.8 Å². The Balaban J connectivity index is 1.59. The van der Waals surface area contributed by atoms with Crippen LogP contribution in [-0.2, 0) is 14.3 Å². The highest BCUT2D eigenvalue weighted by Crippen LogP contribution is 2.22. The van der Waals surface area contributed by atoms with Crippen molar-refractivity contribution >= 4 is 40.4 Å². The molecule has 0 radical (unpaired) electrons. The fourth-order valence-corrected chi connectivity index (χ4v) is 2.34. The minimum Gasteiger partial charge on any atom is -0.449 e. The lowest BCUT2D eigenvalue weighted by Gasteiger charge is -2.12. The first-order valence-electron chi connectivity index (χ1n) is 8.32. The molecule has 1 heterocycles. The van der Waals surface area contributed by atoms with Crippen LogP contribution in [0, 0.1) is 15.9 Å². The van der Waals surface area contributed by atoms with Gasteiger partial charge in [-0.15, -0.1) is 0 Å². The number of carbonyl (C=O) groups excluding carboxylic acids is 2. The number of anilines is 1. The summed E-state index contributed by atoms with van der Waals surface area (Å²) in [6.07, 6.45) is 1.15. The van der Waals surface area contributed by atoms with Crippen molar-refractivity contribution in [3.8, 4) is 0 Å². The molecule has 1 amide bonds. The first-order valence-corrected chi connectivity index (χ1v) is 8.32. The van der Waals surface area contributed by atoms with E-state index in [1.54, 1.807) is 24.3 Å². The Kier molecular flexibility index (Phi) is 5.63. The van der Waals surface area contributed by atoms with Gasteiger partial charge in [0.2, 0.25) is 11.7 Å². The van der Waals surface area contributed by atoms with Gasteiger partial charge in [0.1, 0.15) is 5.52 Å². The fraction of sp³-hybridized carbons (Fsp3) is 0.105. The van der Waals surface area contributed by atoms with Crippen LogP contribution in [0.15, 0.2) is 53.0 Å². The molecule has 0 saturated heterocycles. The van der Waals surface area contributed by atoms with E-state index < -0.39 is 34.4 Å². The number of benzene rings is 2. The molecule has 3 aromatic rings. The maximum absolute atomic E-state index is 13.3. The van der Waals surface area contributed by atoms with Gasteiger partial charge in [-0.05, 0) is 31.2 Å². The Morgan fingerprint density at radius 1 is 1.31 bits per heavy atom. The number of nitro benzene ring substituents is 1. The molecule has 148 valence electrons. The van der Waals surface area contributed by atoms with Crippen molar-refractivity contribution < 1.29 is 28.1 Å². The highest BCUT2D eigenvalue weighted by atomic mass is 19.1. The summed E-state index contributed by atoms with van der Waals surface area (Å²) in [7, 11) is 0. The number of fused-ring (bicyclic) bond motifs is 1. The summed E-state index contributed by atoms with van der Waals surface area (Å²) in [5.74, 6) is -2.40. The quantitative estimate of drug-likeness (QED) is 0.291. The number of halogens is 1. The Morgan fingerprint density at radius 2 is 2.07 bits per heavy atom. The van der Waals surface area contributed by atoms with Crippen LogP contribution in [0.1, 0.15) is 12.8 Å². The zero-order valence-electron chi connectivity index (χ0n) is 15.0. The lowest BCUT2D eigenvalue weighted by Crippen LogP contribution is -2.29. The molecule has 0 saturated carbocycles. The molecule has 1 N–H and O–H groups in total. The Bertz CT molecular complexity index is 1090. The third-order valence-corrected chi connectivity index (χ3v) is 3.74. The van der Waals surface area contributed by atoms with Crippen LogP contribution in [0.25, 0.3) is 17.2 Å². The standard InChI is InChI=1S/C19H14FN3O6/c1-11(19(25)21-12-6-7-13(20)15(10-12)23(26)27)28-18(24)9-8-17-22-14-4-2-3-5-16(14)29-17/h2-11H,1H3,(H,21,25)/b9-8+/t11-/m0/s1. The van der Waals surface area contributed by atoms with Crippen LogP contribution in [0.5, 0.6) is 0 Å². The molecule has 10 heteroatoms. The predicted molar refractivity (Wildman–Crippen MR) is 100 cm³/mol. The molecular weight excluding hydrogens is 385 g/mol. The lowest BCUT2D eigenvalue weighted by atomic mass is 10.2. The SMILES string of the molecule is C[C@H](OC(=O)/C=C/c1nc2ccccc2o1)C(=O)Nc1ccc(F)c([N+](=O)[O-])c1. The number of aromatic nitrogens is 1. The van der Waals surface area contributed by atoms with Crippen molar-refractivity contribution in [1.82, 2.24) is 4.98 Å². The molecule has 1 atom stereocenters. The number of oxazole rings is 1. The van der Waals surface area contributed by atoms with E-state index in [4.69, 9.17) is 9.15 Å². The first-order chi connectivity index (χ1) is 13.8. The number of para-hydroxylation sites is 2. The van der Waals surface area contributed by atoms with Crippen LogP contribution < -0.4 is 5.32 Å². The van der Waals surface area contributed by atoms with Gasteiger partial charge in [-0.25, -0.2) is 9.78 Å². The van der Waals surface area contributed by atoms with E-state index >= 15 is 0 Å². The number of hydrogen-bond donors (Lipinski definition) is 1. The molecular formula is C19H14FN3O6. The highest BCUT2D eigenvalue weighted by Gasteiger charge is 2.19. The smallest absolute Gasteiger partial charge is 0.331 e. The molecule has 0 bridgehead atoms. The third-order valence-electron chi connectivity index (χ3n) is 3.74. The third kappa shape index (κ3) is 4.80. The maximum Gasteiger partial charge on any atom is 0.331 e. The maximum atomic E-state index is 13.3. The van der Waals surface area contributed by atoms with Gasteiger partial charge in [0.05, 0.1) is 4.92 Å². The van der Waals surface area contributed by atoms with E-state index in [0.29, 0.717) is 11.1 Å². The molecule has 0 aliphatic heterocycles. The zero-order chi connectivity index (χ0) is 21.0. The topological polar surface area (TPSA) is 125 Å². The number of amides is 1. The fourth-order valence-electron chi connectivity index (χ4n) is 2.34. The van der Waals surface area contributed by atoms with E-state index in [2.05, 4.69) is 10.3 Å². The number of carbonyl (C=O) groups is 2. The van der Waals surface area contributed by atoms with Crippen molar-refractivity contribution in [3.63, 3.8) is 0 Å². The van der Waals surface area contributed by atoms with Gasteiger partial charge < -0.3 is 14.5 Å². The molecule has 3 rings (SSSR count). The van der Waals surface area contributed by atoms with Crippen molar-refractivity contribution in [2.75, 3.05) is 5.32 Å². The molecule has 0 spiro atoms. The molecule has 1 aromatic heterocycles. The zero-order valence-corrected chi connectivity index (χ0v) is 15.0. The number of nitrogens with zero attached hydrogens (tertiary/aromatic N) is 2. The number of esters is 1. The monoisotopic (exact) mass is 399 g/mol. The van der Waals surface area contributed by atoms with Gasteiger partial charge in [-0.2, -0.15) is 4.39 Å². The molecule has 9 nitrogen and oxygen atoms in total. The normalized spacial score (nSPS) is 12.1. The Morgan fingerprint density at radius 3 is 2.79 bits per heavy atom. The van der Waals surface area contributed by atoms with E-state index in [9.17, 15) is 24.1 Å². The van der Waals surface area contributed by atoms with Crippen molar-refractivity contribution in [3.05, 3.63) is 70.4 Å². The van der Waals surface area contributed by atoms with Crippen LogP contribution >= 0.6 is 0 Å². The van der Waals surface area contributed by atoms with Gasteiger partial charge in [-0.1, -0.05) is 12.1 Å². The predicted octanol–water partition coefficient (Wildman–Crippen LogP) is 3.46. The number of rotatable bonds is 6. The van der Waals surface area contributed by atoms with Gasteiger partial charge in [-0.3, -0.25) is 14.9 Å². The molecule has 0 unspecified atom stereocenters. The summed E-state index contributed by atoms with van der Waals surface area (Å²) in [6, 6.07) is 9.93. The summed E-state index contributed by atoms with van der Waals surface area (Å²) < 4.78 is 23.7. The second-order valence-electron chi connectivity index (χ2n) is 5.84. The number of hydrogen-bond acceptors (Lipinski definition) is 7. The van der Waals surface area contributed by atoms with Crippen molar-refractivity contribution in [2.45, 2.75) is 13.0 Å². The number of ether oxygens (including phenoxy) is 1. The van der Waals surface area contributed by atoms with E-state index in [-0.39, 0.29) is 11.6 Å². The van der Waals surface area contributed by atoms with Gasteiger partial charge in [0.15, 0.2) is 11.7 Å². The van der Waals surface area contributed by atoms with E-state index in [1.807, 2.05) is 0 Å². The largest absolute Gasteiger partial charge is 0.449 e. The van der Waals surface area contributed by atoms with E-state index in [1.165, 1.54) is 13.0 Å². The lowest BCUT2D eigenvalue weighted by molar-refractivity contribution is -0.387. The minimum atomic E-state index is -1.21. The summed E-state index contributed by atoms with van der Waals surface area (Å²) in [4.78, 5) is 38.0. The van der Waals surface area contributed by atoms with Crippen molar-refractivity contribution in [2.24, 2.45) is 0 Å². The minimum absolute atomic E-state index is 0.00647. The molecule has 0 aliphatic carbocycles. The van der Waals surface area contributed by atoms with Gasteiger partial charge in [0.25, 0.3) is 5.91 Å². The average Bonchev–Trinajstić information content (AvgIpc) is 3.10. The second-order valence-corrected chi connectivity index (χ2v) is 5.84. The average molecular weight is 399 g/mol. The number of nitrogens with one attached hydrogen (secondary N) is 1. The number of nitro groups is 1. The highest BCUT2D eigenvalue weighted by molar-refractivity contribution is 5.96. The summed E-state index contributed by atoms with van der Waals surface area (Å²) in [6.45, 7) is 1.32. The molecule has 29 heavy (non-hydrogen) atoms. The van der Waals surface area contributed by atoms with Crippen molar-refractivity contribution in [1.29, 1.82) is 0 Å². The van der Waals surface area contributed by atoms with Gasteiger partial charge in [0, 0.05) is 23.9 Å².